The standard InChI is InChI=1S/C96H132O18S6/c1-25-103-79(97)37-31-43-109-85-67-49-61(91(7,8)9)50-68(85)116-70-52-63(93(13,14)15)54-72(87(70)111-45-33-39-81(99)105-27-3)118-74-56-65(95(19,20)21)58-76(89(74)113-47-35-41-83(101)107-29-5)120-78-60-66(96(22,23)24)59-77(90(78)114-48-36-42-84(102)108-30-6)119-75-57-64(94(16,17)18)55-73(88(75)112-46-34-40-82(100)106-28-4)117-71-53-62(92(10,11)12)51-69(115-67)86(71)110-44-32-38-80(98)104-26-2/h49-60H,25-48H2,1-24H3. The van der Waals surface area contributed by atoms with E-state index in [9.17, 15) is 28.8 Å². The third-order valence-electron chi connectivity index (χ3n) is 19.1. The second kappa shape index (κ2) is 45.6. The van der Waals surface area contributed by atoms with Crippen molar-refractivity contribution in [2.45, 2.75) is 276 Å². The highest BCUT2D eigenvalue weighted by molar-refractivity contribution is 7.29. The number of ether oxygens (including phenoxy) is 12. The predicted molar refractivity (Wildman–Crippen MR) is 498 cm³/mol. The third kappa shape index (κ3) is 30.3. The highest BCUT2D eigenvalue weighted by Gasteiger charge is 2.28. The first-order chi connectivity index (χ1) is 56.5. The number of carbonyl (C=O) groups excluding carboxylic acids is 6. The van der Waals surface area contributed by atoms with Gasteiger partial charge in [0.1, 0.15) is 0 Å². The maximum absolute atomic E-state index is 13.2. The minimum absolute atomic E-state index is 0.119. The molecule has 1 aromatic heterocycles. The molecule has 0 radical (unpaired) electrons. The SMILES string of the molecule is CCOC(=O)CCCOc1c2cc(C(C)(C)C)cc1sc1cc(C(C)(C)C)cc(sc3cc(C(C)(C)C)cc(sc4cc(C(C)(C)C)cc(sc5cc(C(C)(C)C)cc(sc6cc(C(C)(C)C)cc(s2)c6OCCCC(=O)OCC)c5OCCCC(=O)OCC)c4OCCCC(=O)OCC)c3OCCCC(=O)OCC)c1OCCCC(=O)OCC. The fourth-order valence-corrected chi connectivity index (χ4v) is 19.5. The van der Waals surface area contributed by atoms with Gasteiger partial charge in [-0.2, -0.15) is 0 Å². The molecule has 0 saturated heterocycles. The fourth-order valence-electron chi connectivity index (χ4n) is 12.3. The van der Waals surface area contributed by atoms with Crippen LogP contribution in [0, 0.1) is 0 Å². The molecule has 12 bridgehead atoms. The Morgan fingerprint density at radius 1 is 0.208 bits per heavy atom. The molecule has 0 aliphatic rings. The van der Waals surface area contributed by atoms with E-state index in [0.717, 1.165) is 89.8 Å². The molecular weight excluding hydrogens is 1630 g/mol. The van der Waals surface area contributed by atoms with Gasteiger partial charge in [0, 0.05) is 38.5 Å². The van der Waals surface area contributed by atoms with E-state index in [1.165, 1.54) is 68.0 Å². The van der Waals surface area contributed by atoms with Crippen molar-refractivity contribution in [3.05, 3.63) is 106 Å². The zero-order valence-corrected chi connectivity index (χ0v) is 80.6. The normalized spacial score (nSPS) is 12.0. The number of rotatable bonds is 36. The molecule has 6 aromatic carbocycles. The summed E-state index contributed by atoms with van der Waals surface area (Å²) in [7, 11) is 0. The van der Waals surface area contributed by atoms with E-state index in [0.29, 0.717) is 73.0 Å². The smallest absolute Gasteiger partial charge is 0.305 e. The van der Waals surface area contributed by atoms with Crippen molar-refractivity contribution >= 4 is 160 Å². The van der Waals surface area contributed by atoms with Crippen LogP contribution in [0.2, 0.25) is 0 Å². The zero-order chi connectivity index (χ0) is 88.5. The van der Waals surface area contributed by atoms with Gasteiger partial charge in [-0.3, -0.25) is 28.8 Å². The minimum atomic E-state index is -0.455. The molecule has 7 aromatic rings. The van der Waals surface area contributed by atoms with Crippen molar-refractivity contribution in [3.8, 4) is 34.5 Å². The minimum Gasteiger partial charge on any atom is -0.491 e. The average Bonchev–Trinajstić information content (AvgIpc) is 0.767. The summed E-state index contributed by atoms with van der Waals surface area (Å²) in [5.41, 5.74) is 3.26. The van der Waals surface area contributed by atoms with E-state index < -0.39 is 32.5 Å². The quantitative estimate of drug-likeness (QED) is 0.0203. The van der Waals surface area contributed by atoms with Gasteiger partial charge >= 0.3 is 35.8 Å². The van der Waals surface area contributed by atoms with Crippen molar-refractivity contribution < 1.29 is 85.6 Å². The summed E-state index contributed by atoms with van der Waals surface area (Å²) in [4.78, 5) is 79.4. The van der Waals surface area contributed by atoms with Crippen molar-refractivity contribution in [2.75, 3.05) is 79.3 Å². The van der Waals surface area contributed by atoms with Crippen LogP contribution in [0.3, 0.4) is 0 Å². The zero-order valence-electron chi connectivity index (χ0n) is 75.7. The predicted octanol–water partition coefficient (Wildman–Crippen LogP) is 26.2. The van der Waals surface area contributed by atoms with Crippen LogP contribution in [-0.4, -0.2) is 115 Å². The van der Waals surface area contributed by atoms with Crippen LogP contribution < -0.4 is 28.4 Å². The second-order valence-corrected chi connectivity index (χ2v) is 42.0. The lowest BCUT2D eigenvalue weighted by molar-refractivity contribution is -0.144. The maximum Gasteiger partial charge on any atom is 0.305 e. The Morgan fingerprint density at radius 3 is 0.408 bits per heavy atom. The monoisotopic (exact) mass is 1760 g/mol. The van der Waals surface area contributed by atoms with Crippen LogP contribution in [0.5, 0.6) is 34.5 Å². The lowest BCUT2D eigenvalue weighted by Crippen LogP contribution is -2.12. The summed E-state index contributed by atoms with van der Waals surface area (Å²) >= 11 is 9.10. The molecule has 0 aliphatic heterocycles. The lowest BCUT2D eigenvalue weighted by Gasteiger charge is -2.23. The molecule has 0 atom stereocenters. The van der Waals surface area contributed by atoms with E-state index in [-0.39, 0.29) is 154 Å². The molecule has 0 fully saturated rings. The van der Waals surface area contributed by atoms with E-state index in [1.54, 1.807) is 41.5 Å². The molecular formula is C96H132O18S6. The Hall–Kier alpha value is -7.74. The summed E-state index contributed by atoms with van der Waals surface area (Å²) < 4.78 is 85.8. The largest absolute Gasteiger partial charge is 0.491 e. The molecule has 0 spiro atoms. The first-order valence-corrected chi connectivity index (χ1v) is 47.3. The van der Waals surface area contributed by atoms with Gasteiger partial charge in [0.15, 0.2) is 34.5 Å². The van der Waals surface area contributed by atoms with Gasteiger partial charge in [0.25, 0.3) is 0 Å². The second-order valence-electron chi connectivity index (χ2n) is 35.5. The van der Waals surface area contributed by atoms with Gasteiger partial charge in [0.2, 0.25) is 0 Å². The van der Waals surface area contributed by atoms with Gasteiger partial charge in [0.05, 0.1) is 136 Å². The summed E-state index contributed by atoms with van der Waals surface area (Å²) in [6.07, 6.45) is 2.76. The highest BCUT2D eigenvalue weighted by atomic mass is 32.1. The first-order valence-electron chi connectivity index (χ1n) is 42.4. The van der Waals surface area contributed by atoms with Crippen molar-refractivity contribution in [1.29, 1.82) is 0 Å². The average molecular weight is 1770 g/mol. The molecule has 24 heteroatoms. The van der Waals surface area contributed by atoms with Crippen LogP contribution in [0.1, 0.15) is 277 Å². The fraction of sp³-hybridized carbons (Fsp3) is 0.562. The van der Waals surface area contributed by atoms with Crippen LogP contribution in [0.4, 0.5) is 0 Å². The van der Waals surface area contributed by atoms with Gasteiger partial charge in [-0.05, 0) is 219 Å². The summed E-state index contributed by atoms with van der Waals surface area (Å²) in [6.45, 7) is 52.5. The molecule has 660 valence electrons. The summed E-state index contributed by atoms with van der Waals surface area (Å²) in [5.74, 6) is 1.35. The molecule has 0 unspecified atom stereocenters. The van der Waals surface area contributed by atoms with E-state index >= 15 is 0 Å². The number of hydrogen-bond donors (Lipinski definition) is 0. The van der Waals surface area contributed by atoms with Gasteiger partial charge in [-0.15, -0.1) is 68.0 Å². The number of hydrogen-bond acceptors (Lipinski definition) is 24. The topological polar surface area (TPSA) is 213 Å². The number of esters is 6. The van der Waals surface area contributed by atoms with Gasteiger partial charge < -0.3 is 56.8 Å². The Kier molecular flexibility index (Phi) is 37.7. The summed E-state index contributed by atoms with van der Waals surface area (Å²) in [6, 6.07) is 26.4. The van der Waals surface area contributed by atoms with E-state index in [2.05, 4.69) is 197 Å². The van der Waals surface area contributed by atoms with Gasteiger partial charge in [-0.1, -0.05) is 125 Å². The molecule has 0 saturated carbocycles. The van der Waals surface area contributed by atoms with Crippen molar-refractivity contribution in [3.63, 3.8) is 0 Å². The molecule has 7 rings (SSSR count). The Morgan fingerprint density at radius 2 is 0.317 bits per heavy atom. The Balaban J connectivity index is 2.00. The molecule has 0 N–H and O–H groups in total. The number of carbonyl (C=O) groups is 6. The highest BCUT2D eigenvalue weighted by Crippen LogP contribution is 2.50. The molecule has 120 heavy (non-hydrogen) atoms. The van der Waals surface area contributed by atoms with Crippen LogP contribution in [0.15, 0.2) is 72.8 Å². The van der Waals surface area contributed by atoms with E-state index in [4.69, 9.17) is 56.8 Å². The molecule has 1 heterocycles. The Bertz CT molecular complexity index is 4030. The number of benzene rings is 6. The molecule has 0 amide bonds. The molecule has 18 nitrogen and oxygen atoms in total. The van der Waals surface area contributed by atoms with Crippen molar-refractivity contribution in [2.24, 2.45) is 0 Å². The molecule has 0 aliphatic carbocycles. The van der Waals surface area contributed by atoms with Crippen LogP contribution >= 0.6 is 68.0 Å². The third-order valence-corrected chi connectivity index (χ3v) is 25.4. The van der Waals surface area contributed by atoms with Crippen LogP contribution in [-0.2, 0) is 89.7 Å². The Labute approximate surface area is 736 Å². The first kappa shape index (κ1) is 99.4. The van der Waals surface area contributed by atoms with Gasteiger partial charge in [-0.25, -0.2) is 0 Å². The van der Waals surface area contributed by atoms with E-state index in [1.807, 2.05) is 0 Å². The lowest BCUT2D eigenvalue weighted by atomic mass is 9.87. The number of fused-ring (bicyclic) bond motifs is 12. The summed E-state index contributed by atoms with van der Waals surface area (Å²) in [5, 5.41) is 0. The maximum atomic E-state index is 13.2. The van der Waals surface area contributed by atoms with Crippen LogP contribution in [0.25, 0.3) is 56.4 Å². The van der Waals surface area contributed by atoms with Crippen molar-refractivity contribution in [1.82, 2.24) is 0 Å².